The quantitative estimate of drug-likeness (QED) is 0.339. The van der Waals surface area contributed by atoms with Crippen LogP contribution in [0, 0.1) is 13.8 Å². The van der Waals surface area contributed by atoms with Crippen molar-refractivity contribution < 1.29 is 18.3 Å². The van der Waals surface area contributed by atoms with Crippen LogP contribution in [0.3, 0.4) is 0 Å². The number of nitrogens with one attached hydrogen (secondary N) is 1. The summed E-state index contributed by atoms with van der Waals surface area (Å²) in [4.78, 5) is 17.6. The van der Waals surface area contributed by atoms with E-state index < -0.39 is 12.5 Å². The number of carbonyl (C=O) groups excluding carboxylic acids is 1. The molecule has 0 spiro atoms. The molecular weight excluding hydrogens is 428 g/mol. The van der Waals surface area contributed by atoms with Gasteiger partial charge in [-0.3, -0.25) is 4.79 Å². The average Bonchev–Trinajstić information content (AvgIpc) is 3.13. The number of carbonyl (C=O) groups is 1. The van der Waals surface area contributed by atoms with Gasteiger partial charge >= 0.3 is 6.61 Å². The van der Waals surface area contributed by atoms with E-state index in [0.717, 1.165) is 5.69 Å². The highest BCUT2D eigenvalue weighted by Crippen LogP contribution is 2.25. The number of hydrazone groups is 1. The maximum Gasteiger partial charge on any atom is 0.387 e. The number of halogens is 2. The molecule has 0 bridgehead atoms. The van der Waals surface area contributed by atoms with Crippen LogP contribution in [0.4, 0.5) is 8.78 Å². The minimum absolute atomic E-state index is 0.0474. The van der Waals surface area contributed by atoms with Crippen LogP contribution in [0.5, 0.6) is 5.75 Å². The van der Waals surface area contributed by atoms with Gasteiger partial charge in [-0.25, -0.2) is 15.1 Å². The smallest absolute Gasteiger partial charge is 0.387 e. The van der Waals surface area contributed by atoms with E-state index in [1.165, 1.54) is 12.1 Å². The van der Waals surface area contributed by atoms with E-state index in [1.807, 2.05) is 44.2 Å². The van der Waals surface area contributed by atoms with Crippen molar-refractivity contribution in [3.63, 3.8) is 0 Å². The Labute approximate surface area is 188 Å². The van der Waals surface area contributed by atoms with Crippen molar-refractivity contribution in [2.45, 2.75) is 27.4 Å². The van der Waals surface area contributed by atoms with Crippen LogP contribution in [0.2, 0.25) is 0 Å². The number of alkyl halides is 2. The summed E-state index contributed by atoms with van der Waals surface area (Å²) in [6.07, 6.45) is 0. The lowest BCUT2D eigenvalue weighted by molar-refractivity contribution is -0.0498. The Morgan fingerprint density at radius 3 is 2.45 bits per heavy atom. The first-order valence-corrected chi connectivity index (χ1v) is 10.2. The van der Waals surface area contributed by atoms with E-state index in [2.05, 4.69) is 25.3 Å². The van der Waals surface area contributed by atoms with E-state index in [-0.39, 0.29) is 5.75 Å². The fourth-order valence-corrected chi connectivity index (χ4v) is 3.48. The fraction of sp³-hybridized carbons (Fsp3) is 0.167. The number of ether oxygens (including phenoxy) is 1. The van der Waals surface area contributed by atoms with Crippen molar-refractivity contribution in [2.24, 2.45) is 5.10 Å². The zero-order valence-corrected chi connectivity index (χ0v) is 18.2. The summed E-state index contributed by atoms with van der Waals surface area (Å²) in [6, 6.07) is 17.3. The van der Waals surface area contributed by atoms with E-state index in [4.69, 9.17) is 0 Å². The second-order valence-corrected chi connectivity index (χ2v) is 7.38. The van der Waals surface area contributed by atoms with E-state index in [9.17, 15) is 13.6 Å². The van der Waals surface area contributed by atoms with Gasteiger partial charge in [0.15, 0.2) is 5.65 Å². The van der Waals surface area contributed by atoms with Gasteiger partial charge in [-0.15, -0.1) is 0 Å². The Morgan fingerprint density at radius 1 is 1.09 bits per heavy atom. The maximum absolute atomic E-state index is 13.0. The van der Waals surface area contributed by atoms with Gasteiger partial charge in [-0.2, -0.15) is 19.0 Å². The number of fused-ring (bicyclic) bond motifs is 1. The minimum Gasteiger partial charge on any atom is -0.435 e. The normalized spacial score (nSPS) is 11.8. The summed E-state index contributed by atoms with van der Waals surface area (Å²) in [5, 5.41) is 9.40. The minimum atomic E-state index is -2.89. The van der Waals surface area contributed by atoms with Gasteiger partial charge in [0, 0.05) is 5.69 Å². The number of para-hydroxylation sites is 1. The molecule has 168 valence electrons. The third kappa shape index (κ3) is 4.72. The molecule has 2 aromatic carbocycles. The van der Waals surface area contributed by atoms with Crippen molar-refractivity contribution in [1.82, 2.24) is 20.2 Å². The molecule has 4 aromatic rings. The number of hydrogen-bond donors (Lipinski definition) is 1. The Hall–Kier alpha value is -4.14. The highest BCUT2D eigenvalue weighted by Gasteiger charge is 2.19. The molecule has 0 unspecified atom stereocenters. The first kappa shape index (κ1) is 22.1. The summed E-state index contributed by atoms with van der Waals surface area (Å²) in [5.74, 6) is -0.357. The van der Waals surface area contributed by atoms with Crippen LogP contribution in [-0.4, -0.2) is 33.0 Å². The van der Waals surface area contributed by atoms with Crippen molar-refractivity contribution in [2.75, 3.05) is 0 Å². The lowest BCUT2D eigenvalue weighted by atomic mass is 10.1. The van der Waals surface area contributed by atoms with E-state index in [1.54, 1.807) is 29.8 Å². The second-order valence-electron chi connectivity index (χ2n) is 7.38. The first-order valence-electron chi connectivity index (χ1n) is 10.2. The first-order chi connectivity index (χ1) is 15.8. The van der Waals surface area contributed by atoms with Crippen LogP contribution in [0.1, 0.15) is 34.2 Å². The standard InChI is InChI=1S/C24H21F2N5O2/c1-14-13-20(21-16(3)30-31(22(21)27-14)18-7-5-4-6-8-18)23(32)29-28-15(2)17-9-11-19(12-10-17)33-24(25)26/h4-13,24H,1-3H3,(H,29,32)/b28-15-. The van der Waals surface area contributed by atoms with Gasteiger partial charge in [-0.1, -0.05) is 18.2 Å². The molecule has 0 saturated carbocycles. The SMILES string of the molecule is C/C(=N/NC(=O)c1cc(C)nc2c1c(C)nn2-c1ccccc1)c1ccc(OC(F)F)cc1. The average molecular weight is 449 g/mol. The summed E-state index contributed by atoms with van der Waals surface area (Å²) in [6.45, 7) is 2.45. The molecule has 0 fully saturated rings. The molecule has 0 aliphatic carbocycles. The topological polar surface area (TPSA) is 81.4 Å². The number of aryl methyl sites for hydroxylation is 2. The zero-order valence-electron chi connectivity index (χ0n) is 18.2. The molecule has 9 heteroatoms. The molecular formula is C24H21F2N5O2. The Balaban J connectivity index is 1.62. The molecule has 1 N–H and O–H groups in total. The molecule has 33 heavy (non-hydrogen) atoms. The van der Waals surface area contributed by atoms with Gasteiger partial charge in [-0.05, 0) is 68.8 Å². The predicted molar refractivity (Wildman–Crippen MR) is 121 cm³/mol. The van der Waals surface area contributed by atoms with Crippen molar-refractivity contribution in [3.8, 4) is 11.4 Å². The van der Waals surface area contributed by atoms with Crippen LogP contribution in [-0.2, 0) is 0 Å². The lowest BCUT2D eigenvalue weighted by Gasteiger charge is -2.08. The Morgan fingerprint density at radius 2 is 1.79 bits per heavy atom. The molecule has 0 aliphatic heterocycles. The number of benzene rings is 2. The van der Waals surface area contributed by atoms with Crippen LogP contribution in [0.15, 0.2) is 65.8 Å². The highest BCUT2D eigenvalue weighted by molar-refractivity contribution is 6.07. The largest absolute Gasteiger partial charge is 0.435 e. The number of amides is 1. The number of pyridine rings is 1. The summed E-state index contributed by atoms with van der Waals surface area (Å²) in [7, 11) is 0. The van der Waals surface area contributed by atoms with Gasteiger partial charge in [0.1, 0.15) is 5.75 Å². The van der Waals surface area contributed by atoms with Crippen molar-refractivity contribution in [3.05, 3.63) is 83.2 Å². The fourth-order valence-electron chi connectivity index (χ4n) is 3.48. The second kappa shape index (κ2) is 9.15. The number of hydrogen-bond acceptors (Lipinski definition) is 5. The van der Waals surface area contributed by atoms with Gasteiger partial charge in [0.25, 0.3) is 5.91 Å². The maximum atomic E-state index is 13.0. The molecule has 0 saturated heterocycles. The van der Waals surface area contributed by atoms with E-state index in [0.29, 0.717) is 39.3 Å². The predicted octanol–water partition coefficient (Wildman–Crippen LogP) is 4.79. The van der Waals surface area contributed by atoms with Gasteiger partial charge < -0.3 is 4.74 Å². The summed E-state index contributed by atoms with van der Waals surface area (Å²) >= 11 is 0. The van der Waals surface area contributed by atoms with Gasteiger partial charge in [0.05, 0.1) is 28.0 Å². The van der Waals surface area contributed by atoms with Crippen LogP contribution in [0.25, 0.3) is 16.7 Å². The zero-order chi connectivity index (χ0) is 23.5. The molecule has 0 atom stereocenters. The highest BCUT2D eigenvalue weighted by atomic mass is 19.3. The number of rotatable bonds is 6. The molecule has 2 aromatic heterocycles. The third-order valence-electron chi connectivity index (χ3n) is 5.01. The molecule has 0 aliphatic rings. The molecule has 4 rings (SSSR count). The molecule has 2 heterocycles. The van der Waals surface area contributed by atoms with Crippen LogP contribution < -0.4 is 10.2 Å². The third-order valence-corrected chi connectivity index (χ3v) is 5.01. The summed E-state index contributed by atoms with van der Waals surface area (Å²) < 4.78 is 30.7. The Bertz CT molecular complexity index is 1330. The van der Waals surface area contributed by atoms with Crippen LogP contribution >= 0.6 is 0 Å². The van der Waals surface area contributed by atoms with Crippen molar-refractivity contribution >= 4 is 22.7 Å². The van der Waals surface area contributed by atoms with Crippen molar-refractivity contribution in [1.29, 1.82) is 0 Å². The lowest BCUT2D eigenvalue weighted by Crippen LogP contribution is -2.20. The van der Waals surface area contributed by atoms with E-state index >= 15 is 0 Å². The molecule has 0 radical (unpaired) electrons. The monoisotopic (exact) mass is 449 g/mol. The summed E-state index contributed by atoms with van der Waals surface area (Å²) in [5.41, 5.74) is 6.90. The number of nitrogens with zero attached hydrogens (tertiary/aromatic N) is 4. The number of aromatic nitrogens is 3. The molecule has 7 nitrogen and oxygen atoms in total. The molecule has 1 amide bonds. The Kier molecular flexibility index (Phi) is 6.12. The van der Waals surface area contributed by atoms with Gasteiger partial charge in [0.2, 0.25) is 0 Å².